The first-order valence-corrected chi connectivity index (χ1v) is 17.7. The molecule has 6 fully saturated rings. The van der Waals surface area contributed by atoms with Crippen LogP contribution in [0.5, 0.6) is 0 Å². The zero-order valence-electron chi connectivity index (χ0n) is 28.2. The van der Waals surface area contributed by atoms with E-state index < -0.39 is 17.0 Å². The normalized spacial score (nSPS) is 36.0. The minimum Gasteiger partial charge on any atom is -0.422 e. The van der Waals surface area contributed by atoms with E-state index in [4.69, 9.17) is 23.7 Å². The Hall–Kier alpha value is -2.50. The molecular weight excluding hydrogens is 586 g/mol. The van der Waals surface area contributed by atoms with Gasteiger partial charge in [0.2, 0.25) is 5.79 Å². The molecule has 5 saturated heterocycles. The highest BCUT2D eigenvalue weighted by Crippen LogP contribution is 2.60. The topological polar surface area (TPSA) is 93.9 Å². The number of nitrogens with zero attached hydrogens (tertiary/aromatic N) is 3. The lowest BCUT2D eigenvalue weighted by Crippen LogP contribution is -2.70. The number of piperazine rings is 1. The molecule has 0 N–H and O–H groups in total. The van der Waals surface area contributed by atoms with Crippen LogP contribution in [-0.4, -0.2) is 85.3 Å². The highest BCUT2D eigenvalue weighted by atomic mass is 17.3. The summed E-state index contributed by atoms with van der Waals surface area (Å²) in [5, 5.41) is 0.760. The quantitative estimate of drug-likeness (QED) is 0.278. The Morgan fingerprint density at radius 3 is 2.54 bits per heavy atom. The fourth-order valence-corrected chi connectivity index (χ4v) is 9.20. The molecule has 10 nitrogen and oxygen atoms in total. The number of carbonyl (C=O) groups excluding carboxylic acids is 1. The molecule has 1 saturated carbocycles. The van der Waals surface area contributed by atoms with Gasteiger partial charge >= 0.3 is 5.63 Å². The Morgan fingerprint density at radius 1 is 1.00 bits per heavy atom. The molecule has 8 rings (SSSR count). The maximum Gasteiger partial charge on any atom is 0.349 e. The first-order chi connectivity index (χ1) is 22.2. The number of hydrogen-bond acceptors (Lipinski definition) is 9. The molecule has 46 heavy (non-hydrogen) atoms. The number of benzene rings is 1. The standard InChI is InChI=1S/C36H51N3O7/c1-6-38(7-2)26-12-11-25-21-27(33(41)42-31(25)22-26)32(40)39-19-17-37(18-20-39)16-8-9-30-24(4)29-13-10-23(3)28-14-15-35(5)44-34(43-30)36(28,29)46-45-35/h11-12,21-24,28-30,34H,6-10,13-20H2,1-5H3/t23-,24-,28?,29+,30-,34-,35?,36?/m1/s1. The smallest absolute Gasteiger partial charge is 0.349 e. The summed E-state index contributed by atoms with van der Waals surface area (Å²) < 4.78 is 18.9. The summed E-state index contributed by atoms with van der Waals surface area (Å²) in [4.78, 5) is 45.0. The molecule has 1 aromatic heterocycles. The van der Waals surface area contributed by atoms with Crippen molar-refractivity contribution >= 4 is 22.6 Å². The summed E-state index contributed by atoms with van der Waals surface area (Å²) >= 11 is 0. The molecule has 6 aliphatic rings. The minimum atomic E-state index is -0.748. The van der Waals surface area contributed by atoms with Gasteiger partial charge in [0.05, 0.1) is 6.10 Å². The second-order valence-electron chi connectivity index (χ2n) is 14.6. The average Bonchev–Trinajstić information content (AvgIpc) is 3.29. The summed E-state index contributed by atoms with van der Waals surface area (Å²) in [5.41, 5.74) is 0.533. The van der Waals surface area contributed by atoms with E-state index in [1.807, 2.05) is 25.1 Å². The van der Waals surface area contributed by atoms with Crippen molar-refractivity contribution < 1.29 is 28.5 Å². The molecule has 8 atom stereocenters. The average molecular weight is 638 g/mol. The third-order valence-corrected chi connectivity index (χ3v) is 12.0. The monoisotopic (exact) mass is 637 g/mol. The highest BCUT2D eigenvalue weighted by Gasteiger charge is 2.69. The number of rotatable bonds is 8. The van der Waals surface area contributed by atoms with E-state index in [9.17, 15) is 9.59 Å². The first kappa shape index (κ1) is 32.1. The van der Waals surface area contributed by atoms with E-state index in [1.165, 1.54) is 6.42 Å². The van der Waals surface area contributed by atoms with Gasteiger partial charge in [-0.05, 0) is 95.4 Å². The van der Waals surface area contributed by atoms with Crippen LogP contribution >= 0.6 is 0 Å². The van der Waals surface area contributed by atoms with Crippen molar-refractivity contribution in [2.75, 3.05) is 50.7 Å². The van der Waals surface area contributed by atoms with Crippen LogP contribution < -0.4 is 10.5 Å². The van der Waals surface area contributed by atoms with Gasteiger partial charge < -0.3 is 23.7 Å². The van der Waals surface area contributed by atoms with Crippen LogP contribution in [-0.2, 0) is 19.2 Å². The van der Waals surface area contributed by atoms with Gasteiger partial charge in [-0.25, -0.2) is 14.6 Å². The van der Waals surface area contributed by atoms with Crippen molar-refractivity contribution in [3.8, 4) is 0 Å². The molecule has 3 unspecified atom stereocenters. The Morgan fingerprint density at radius 2 is 1.78 bits per heavy atom. The van der Waals surface area contributed by atoms with E-state index in [-0.39, 0.29) is 23.9 Å². The Kier molecular flexibility index (Phi) is 8.72. The summed E-state index contributed by atoms with van der Waals surface area (Å²) in [6.07, 6.45) is 5.88. The predicted octanol–water partition coefficient (Wildman–Crippen LogP) is 5.43. The second-order valence-corrected chi connectivity index (χ2v) is 14.6. The van der Waals surface area contributed by atoms with Crippen molar-refractivity contribution in [2.45, 2.75) is 96.9 Å². The number of ether oxygens (including phenoxy) is 2. The predicted molar refractivity (Wildman–Crippen MR) is 174 cm³/mol. The molecule has 6 heterocycles. The summed E-state index contributed by atoms with van der Waals surface area (Å²) in [6, 6.07) is 7.52. The van der Waals surface area contributed by atoms with Gasteiger partial charge in [-0.2, -0.15) is 0 Å². The lowest BCUT2D eigenvalue weighted by Gasteiger charge is -2.60. The summed E-state index contributed by atoms with van der Waals surface area (Å²) in [6.45, 7) is 16.2. The molecule has 1 aliphatic carbocycles. The summed E-state index contributed by atoms with van der Waals surface area (Å²) in [7, 11) is 0. The van der Waals surface area contributed by atoms with Crippen molar-refractivity contribution in [2.24, 2.45) is 23.7 Å². The molecule has 1 aromatic carbocycles. The number of anilines is 1. The lowest BCUT2D eigenvalue weighted by atomic mass is 9.57. The second kappa shape index (κ2) is 12.5. The largest absolute Gasteiger partial charge is 0.422 e. The van der Waals surface area contributed by atoms with E-state index >= 15 is 0 Å². The first-order valence-electron chi connectivity index (χ1n) is 17.7. The summed E-state index contributed by atoms with van der Waals surface area (Å²) in [5.74, 6) is 0.654. The fraction of sp³-hybridized carbons (Fsp3) is 0.722. The number of carbonyl (C=O) groups is 1. The van der Waals surface area contributed by atoms with E-state index in [2.05, 4.69) is 37.5 Å². The Labute approximate surface area is 272 Å². The molecule has 1 amide bonds. The fourth-order valence-electron chi connectivity index (χ4n) is 9.20. The van der Waals surface area contributed by atoms with E-state index in [0.717, 1.165) is 75.9 Å². The maximum absolute atomic E-state index is 13.4. The van der Waals surface area contributed by atoms with Crippen LogP contribution in [0, 0.1) is 23.7 Å². The van der Waals surface area contributed by atoms with Gasteiger partial charge in [0.25, 0.3) is 5.91 Å². The highest BCUT2D eigenvalue weighted by molar-refractivity contribution is 5.97. The minimum absolute atomic E-state index is 0.106. The number of hydrogen-bond donors (Lipinski definition) is 0. The molecule has 2 bridgehead atoms. The maximum atomic E-state index is 13.4. The van der Waals surface area contributed by atoms with Crippen LogP contribution in [0.25, 0.3) is 11.0 Å². The van der Waals surface area contributed by atoms with Crippen LogP contribution in [0.1, 0.15) is 83.5 Å². The molecular formula is C36H51N3O7. The molecule has 252 valence electrons. The third-order valence-electron chi connectivity index (χ3n) is 12.0. The SMILES string of the molecule is CCN(CC)c1ccc2cc(C(=O)N3CCN(CCC[C@H]4O[C@@H]5OC6(C)CCC7[C@H](C)CC[C@@H]([C@H]4C)C75OO6)CC3)c(=O)oc2c1. The van der Waals surface area contributed by atoms with Crippen LogP contribution in [0.3, 0.4) is 0 Å². The molecule has 2 aromatic rings. The lowest BCUT2D eigenvalue weighted by molar-refractivity contribution is -0.571. The van der Waals surface area contributed by atoms with E-state index in [0.29, 0.717) is 42.3 Å². The molecule has 0 radical (unpaired) electrons. The number of fused-ring (bicyclic) bond motifs is 3. The van der Waals surface area contributed by atoms with Crippen LogP contribution in [0.4, 0.5) is 5.69 Å². The van der Waals surface area contributed by atoms with Gasteiger partial charge in [-0.1, -0.05) is 13.8 Å². The van der Waals surface area contributed by atoms with Crippen molar-refractivity contribution in [1.82, 2.24) is 9.80 Å². The van der Waals surface area contributed by atoms with Crippen LogP contribution in [0.15, 0.2) is 33.5 Å². The van der Waals surface area contributed by atoms with Crippen LogP contribution in [0.2, 0.25) is 0 Å². The number of amides is 1. The van der Waals surface area contributed by atoms with Gasteiger partial charge in [0.1, 0.15) is 11.1 Å². The van der Waals surface area contributed by atoms with Crippen molar-refractivity contribution in [3.63, 3.8) is 0 Å². The van der Waals surface area contributed by atoms with Crippen molar-refractivity contribution in [1.29, 1.82) is 0 Å². The van der Waals surface area contributed by atoms with Gasteiger partial charge in [0.15, 0.2) is 11.9 Å². The van der Waals surface area contributed by atoms with Gasteiger partial charge in [-0.15, -0.1) is 0 Å². The zero-order valence-corrected chi connectivity index (χ0v) is 28.2. The van der Waals surface area contributed by atoms with Gasteiger partial charge in [0, 0.05) is 68.7 Å². The van der Waals surface area contributed by atoms with Crippen molar-refractivity contribution in [3.05, 3.63) is 40.2 Å². The molecule has 1 spiro atoms. The third kappa shape index (κ3) is 5.48. The van der Waals surface area contributed by atoms with Gasteiger partial charge in [-0.3, -0.25) is 9.69 Å². The molecule has 5 aliphatic heterocycles. The zero-order chi connectivity index (χ0) is 32.2. The Bertz CT molecular complexity index is 1490. The molecule has 10 heteroatoms. The van der Waals surface area contributed by atoms with E-state index in [1.54, 1.807) is 11.0 Å². The Balaban J connectivity index is 0.939.